The Labute approximate surface area is 163 Å². The van der Waals surface area contributed by atoms with Crippen molar-refractivity contribution in [3.05, 3.63) is 69.7 Å². The van der Waals surface area contributed by atoms with Gasteiger partial charge < -0.3 is 5.32 Å². The van der Waals surface area contributed by atoms with E-state index in [0.717, 1.165) is 11.8 Å². The first kappa shape index (κ1) is 20.7. The zero-order chi connectivity index (χ0) is 19.3. The highest BCUT2D eigenvalue weighted by Crippen LogP contribution is 2.21. The lowest BCUT2D eigenvalue weighted by atomic mass is 10.0. The van der Waals surface area contributed by atoms with Crippen molar-refractivity contribution in [3.63, 3.8) is 0 Å². The number of hydrogen-bond donors (Lipinski definition) is 2. The minimum Gasteiger partial charge on any atom is -0.350 e. The number of nitrogens with one attached hydrogen (secondary N) is 2. The largest absolute Gasteiger partial charge is 0.350 e. The summed E-state index contributed by atoms with van der Waals surface area (Å²) in [5, 5.41) is 4.02. The first-order chi connectivity index (χ1) is 12.1. The summed E-state index contributed by atoms with van der Waals surface area (Å²) in [5.74, 6) is -0.274. The van der Waals surface area contributed by atoms with Crippen LogP contribution in [-0.4, -0.2) is 20.6 Å². The molecule has 0 aliphatic carbocycles. The maximum atomic E-state index is 12.4. The predicted octanol–water partition coefficient (Wildman–Crippen LogP) is 3.85. The molecular weight excluding hydrogens is 395 g/mol. The topological polar surface area (TPSA) is 75.3 Å². The van der Waals surface area contributed by atoms with Gasteiger partial charge in [0.05, 0.1) is 18.3 Å². The summed E-state index contributed by atoms with van der Waals surface area (Å²) in [6.45, 7) is 1.85. The summed E-state index contributed by atoms with van der Waals surface area (Å²) < 4.78 is 25.8. The van der Waals surface area contributed by atoms with E-state index in [1.165, 1.54) is 0 Å². The minimum atomic E-state index is -3.49. The minimum absolute atomic E-state index is 0.0351. The van der Waals surface area contributed by atoms with Gasteiger partial charge in [-0.15, -0.1) is 0 Å². The van der Waals surface area contributed by atoms with Gasteiger partial charge in [-0.3, -0.25) is 4.79 Å². The van der Waals surface area contributed by atoms with E-state index in [9.17, 15) is 13.2 Å². The van der Waals surface area contributed by atoms with Crippen LogP contribution in [0.25, 0.3) is 0 Å². The van der Waals surface area contributed by atoms with Crippen molar-refractivity contribution in [2.24, 2.45) is 0 Å². The van der Waals surface area contributed by atoms with Gasteiger partial charge in [0, 0.05) is 16.5 Å². The van der Waals surface area contributed by atoms with E-state index in [1.54, 1.807) is 36.4 Å². The summed E-state index contributed by atoms with van der Waals surface area (Å²) in [6, 6.07) is 13.0. The highest BCUT2D eigenvalue weighted by Gasteiger charge is 2.21. The molecule has 5 nitrogen and oxygen atoms in total. The Balaban J connectivity index is 2.10. The standard InChI is InChI=1S/C18H20Cl2N2O3S/c1-12(13-3-7-15(19)8-4-13)21-18(23)11-17(22-26(2,24)25)14-5-9-16(20)10-6-14/h3-10,12,17,22H,11H2,1-2H3,(H,21,23)/t12-,17+/m1/s1. The smallest absolute Gasteiger partial charge is 0.222 e. The van der Waals surface area contributed by atoms with Gasteiger partial charge in [-0.2, -0.15) is 0 Å². The Morgan fingerprint density at radius 2 is 1.42 bits per heavy atom. The summed E-state index contributed by atoms with van der Waals surface area (Å²) >= 11 is 11.7. The summed E-state index contributed by atoms with van der Waals surface area (Å²) in [6.07, 6.45) is 1.02. The maximum absolute atomic E-state index is 12.4. The SMILES string of the molecule is C[C@@H](NC(=O)C[C@H](NS(C)(=O)=O)c1ccc(Cl)cc1)c1ccc(Cl)cc1. The first-order valence-electron chi connectivity index (χ1n) is 7.91. The zero-order valence-electron chi connectivity index (χ0n) is 14.4. The van der Waals surface area contributed by atoms with Gasteiger partial charge in [0.2, 0.25) is 15.9 Å². The van der Waals surface area contributed by atoms with E-state index >= 15 is 0 Å². The van der Waals surface area contributed by atoms with E-state index in [-0.39, 0.29) is 18.4 Å². The molecule has 0 aliphatic heterocycles. The molecule has 0 fully saturated rings. The molecule has 8 heteroatoms. The fourth-order valence-corrected chi connectivity index (χ4v) is 3.49. The second kappa shape index (κ2) is 8.86. The number of carbonyl (C=O) groups is 1. The molecule has 2 rings (SSSR count). The average molecular weight is 415 g/mol. The predicted molar refractivity (Wildman–Crippen MR) is 105 cm³/mol. The number of sulfonamides is 1. The van der Waals surface area contributed by atoms with E-state index in [4.69, 9.17) is 23.2 Å². The lowest BCUT2D eigenvalue weighted by Crippen LogP contribution is -2.34. The van der Waals surface area contributed by atoms with E-state index in [1.807, 2.05) is 19.1 Å². The van der Waals surface area contributed by atoms with Crippen LogP contribution in [0.1, 0.15) is 36.6 Å². The molecule has 0 aromatic heterocycles. The van der Waals surface area contributed by atoms with Crippen molar-refractivity contribution >= 4 is 39.1 Å². The highest BCUT2D eigenvalue weighted by atomic mass is 35.5. The third-order valence-electron chi connectivity index (χ3n) is 3.77. The van der Waals surface area contributed by atoms with Crippen molar-refractivity contribution in [1.29, 1.82) is 0 Å². The Hall–Kier alpha value is -1.60. The van der Waals surface area contributed by atoms with Crippen LogP contribution in [-0.2, 0) is 14.8 Å². The van der Waals surface area contributed by atoms with Crippen LogP contribution < -0.4 is 10.0 Å². The first-order valence-corrected chi connectivity index (χ1v) is 10.6. The molecule has 140 valence electrons. The van der Waals surface area contributed by atoms with Gasteiger partial charge in [0.15, 0.2) is 0 Å². The van der Waals surface area contributed by atoms with Crippen molar-refractivity contribution in [1.82, 2.24) is 10.0 Å². The number of hydrogen-bond acceptors (Lipinski definition) is 3. The quantitative estimate of drug-likeness (QED) is 0.721. The molecule has 2 aromatic carbocycles. The maximum Gasteiger partial charge on any atom is 0.222 e. The number of benzene rings is 2. The molecular formula is C18H20Cl2N2O3S. The van der Waals surface area contributed by atoms with Crippen molar-refractivity contribution in [2.45, 2.75) is 25.4 Å². The fourth-order valence-electron chi connectivity index (χ4n) is 2.50. The van der Waals surface area contributed by atoms with Crippen molar-refractivity contribution in [3.8, 4) is 0 Å². The van der Waals surface area contributed by atoms with Crippen molar-refractivity contribution < 1.29 is 13.2 Å². The summed E-state index contributed by atoms with van der Waals surface area (Å²) in [4.78, 5) is 12.4. The molecule has 0 aliphatic rings. The van der Waals surface area contributed by atoms with Gasteiger partial charge in [0.1, 0.15) is 0 Å². The molecule has 0 bridgehead atoms. The normalized spacial score (nSPS) is 13.8. The molecule has 2 N–H and O–H groups in total. The Morgan fingerprint density at radius 3 is 1.88 bits per heavy atom. The third-order valence-corrected chi connectivity index (χ3v) is 4.98. The van der Waals surface area contributed by atoms with Gasteiger partial charge in [-0.05, 0) is 42.3 Å². The molecule has 0 saturated heterocycles. The zero-order valence-corrected chi connectivity index (χ0v) is 16.7. The Bertz CT molecular complexity index is 853. The second-order valence-electron chi connectivity index (χ2n) is 6.04. The lowest BCUT2D eigenvalue weighted by Gasteiger charge is -2.20. The van der Waals surface area contributed by atoms with Crippen LogP contribution in [0.3, 0.4) is 0 Å². The lowest BCUT2D eigenvalue weighted by molar-refractivity contribution is -0.122. The molecule has 2 atom stereocenters. The molecule has 0 saturated carbocycles. The Kier molecular flexibility index (Phi) is 7.06. The molecule has 1 amide bonds. The van der Waals surface area contributed by atoms with E-state index in [2.05, 4.69) is 10.0 Å². The molecule has 0 unspecified atom stereocenters. The fraction of sp³-hybridized carbons (Fsp3) is 0.278. The molecule has 26 heavy (non-hydrogen) atoms. The van der Waals surface area contributed by atoms with Crippen LogP contribution >= 0.6 is 23.2 Å². The van der Waals surface area contributed by atoms with Crippen LogP contribution in [0.15, 0.2) is 48.5 Å². The van der Waals surface area contributed by atoms with Crippen LogP contribution in [0, 0.1) is 0 Å². The third kappa shape index (κ3) is 6.61. The number of rotatable bonds is 7. The van der Waals surface area contributed by atoms with E-state index < -0.39 is 16.1 Å². The Morgan fingerprint density at radius 1 is 0.962 bits per heavy atom. The molecule has 2 aromatic rings. The average Bonchev–Trinajstić information content (AvgIpc) is 2.54. The van der Waals surface area contributed by atoms with Gasteiger partial charge in [-0.25, -0.2) is 13.1 Å². The van der Waals surface area contributed by atoms with Crippen LogP contribution in [0.2, 0.25) is 10.0 Å². The van der Waals surface area contributed by atoms with E-state index in [0.29, 0.717) is 15.6 Å². The van der Waals surface area contributed by atoms with Gasteiger partial charge in [-0.1, -0.05) is 47.5 Å². The number of carbonyl (C=O) groups excluding carboxylic acids is 1. The molecule has 0 radical (unpaired) electrons. The number of halogens is 2. The second-order valence-corrected chi connectivity index (χ2v) is 8.69. The van der Waals surface area contributed by atoms with Crippen LogP contribution in [0.5, 0.6) is 0 Å². The highest BCUT2D eigenvalue weighted by molar-refractivity contribution is 7.88. The summed E-state index contributed by atoms with van der Waals surface area (Å²) in [7, 11) is -3.49. The molecule has 0 spiro atoms. The van der Waals surface area contributed by atoms with Crippen LogP contribution in [0.4, 0.5) is 0 Å². The molecule has 0 heterocycles. The van der Waals surface area contributed by atoms with Crippen molar-refractivity contribution in [2.75, 3.05) is 6.26 Å². The summed E-state index contributed by atoms with van der Waals surface area (Å²) in [5.41, 5.74) is 1.57. The van der Waals surface area contributed by atoms with Gasteiger partial charge in [0.25, 0.3) is 0 Å². The monoisotopic (exact) mass is 414 g/mol. The number of amides is 1. The van der Waals surface area contributed by atoms with Gasteiger partial charge >= 0.3 is 0 Å².